The number of carbonyl (C=O) groups excluding carboxylic acids is 6. The predicted octanol–water partition coefficient (Wildman–Crippen LogP) is 11.9. The minimum absolute atomic E-state index is 0.000829. The van der Waals surface area contributed by atoms with Crippen LogP contribution in [0.25, 0.3) is 27.8 Å². The first kappa shape index (κ1) is 97.2. The van der Waals surface area contributed by atoms with Gasteiger partial charge >= 0.3 is 0 Å². The largest absolute Gasteiger partial charge is 0.495 e. The number of hydrogen-bond acceptors (Lipinski definition) is 26. The zero-order valence-electron chi connectivity index (χ0n) is 71.8. The zero-order chi connectivity index (χ0) is 86.0. The highest BCUT2D eigenvalue weighted by molar-refractivity contribution is 6.38. The fourth-order valence-electron chi connectivity index (χ4n) is 16.3. The number of rotatable bonds is 58. The second-order valence-electron chi connectivity index (χ2n) is 32.2. The third-order valence-corrected chi connectivity index (χ3v) is 23.3. The van der Waals surface area contributed by atoms with E-state index >= 15 is 0 Å². The Morgan fingerprint density at radius 3 is 2.16 bits per heavy atom. The number of H-pyrrole nitrogens is 1. The van der Waals surface area contributed by atoms with Gasteiger partial charge in [-0.3, -0.25) is 28.8 Å². The quantitative estimate of drug-likeness (QED) is 0.00539. The van der Waals surface area contributed by atoms with Crippen molar-refractivity contribution >= 4 is 57.9 Å². The number of allylic oxidation sites excluding steroid dienone is 7. The molecule has 30 nitrogen and oxygen atoms in total. The number of amides is 2. The van der Waals surface area contributed by atoms with Crippen molar-refractivity contribution in [1.82, 2.24) is 40.1 Å². The number of benzene rings is 1. The number of nitrogens with two attached hydrogens (primary N) is 1. The number of ketones is 3. The first-order valence-electron chi connectivity index (χ1n) is 43.4. The van der Waals surface area contributed by atoms with E-state index in [0.29, 0.717) is 178 Å². The van der Waals surface area contributed by atoms with Gasteiger partial charge in [-0.25, -0.2) is 20.0 Å². The molecule has 2 saturated carbocycles. The maximum atomic E-state index is 13.5. The Labute approximate surface area is 707 Å². The van der Waals surface area contributed by atoms with Crippen LogP contribution in [0.2, 0.25) is 0 Å². The van der Waals surface area contributed by atoms with Crippen molar-refractivity contribution < 1.29 is 91.1 Å². The van der Waals surface area contributed by atoms with E-state index in [9.17, 15) is 39.0 Å². The molecule has 2 unspecified atom stereocenters. The van der Waals surface area contributed by atoms with Crippen molar-refractivity contribution in [3.05, 3.63) is 109 Å². The smallest absolute Gasteiger partial charge is 0.293 e. The number of nitrogens with one attached hydrogen (secondary N) is 4. The number of aromatic nitrogens is 5. The molecular weight excluding hydrogens is 1540 g/mol. The maximum absolute atomic E-state index is 13.5. The molecular formula is C90H135N11O19. The number of imidazole rings is 1. The number of piperidine rings is 1. The molecule has 2 aliphatic carbocycles. The Bertz CT molecular complexity index is 3970. The van der Waals surface area contributed by atoms with Gasteiger partial charge in [0.05, 0.1) is 128 Å². The monoisotopic (exact) mass is 1670 g/mol. The molecule has 8 N–H and O–H groups in total. The van der Waals surface area contributed by atoms with Crippen LogP contribution in [0, 0.1) is 35.1 Å². The summed E-state index contributed by atoms with van der Waals surface area (Å²) in [7, 11) is 3.28. The van der Waals surface area contributed by atoms with Gasteiger partial charge in [0.25, 0.3) is 12.4 Å². The van der Waals surface area contributed by atoms with Crippen molar-refractivity contribution in [3.8, 4) is 17.1 Å². The molecule has 2 saturated heterocycles. The fraction of sp³-hybridized carbons (Fsp3) is 0.656. The highest BCUT2D eigenvalue weighted by Gasteiger charge is 2.39. The summed E-state index contributed by atoms with van der Waals surface area (Å²) in [5.74, 6) is -0.581. The van der Waals surface area contributed by atoms with E-state index in [2.05, 4.69) is 37.4 Å². The number of nitrogen functional groups attached to an aromatic ring is 1. The summed E-state index contributed by atoms with van der Waals surface area (Å²) in [6.07, 6.45) is 27.4. The third kappa shape index (κ3) is 31.6. The van der Waals surface area contributed by atoms with Crippen molar-refractivity contribution in [2.75, 3.05) is 125 Å². The van der Waals surface area contributed by atoms with Crippen LogP contribution < -0.4 is 21.1 Å². The van der Waals surface area contributed by atoms with E-state index in [-0.39, 0.29) is 60.2 Å². The van der Waals surface area contributed by atoms with E-state index in [1.165, 1.54) is 6.33 Å². The Balaban J connectivity index is 0.565. The number of unbranched alkanes of at least 4 members (excludes halogenated alkanes) is 1. The number of hydrogen-bond donors (Lipinski definition) is 7. The number of aliphatic hydroxyl groups is 2. The van der Waals surface area contributed by atoms with Gasteiger partial charge in [0.2, 0.25) is 11.7 Å². The minimum Gasteiger partial charge on any atom is -0.495 e. The standard InChI is InChI=1S/C90H135N11O19/c1-9-71-23-13-15-39-100(71)90(109)85(106)78-26-18-24-74(120-78)57-79(111-8)62(3)20-12-10-11-19-61(2)53-64(5)83(104)86(107)84(105)65(6)54-63(4)76(103)56-73(119-60-102)36-29-66-27-34-72(35-28-66)118-40-16-14-22-70(99-92)58-93-37-41-112-43-45-114-47-49-116-51-52-117-50-48-115-46-44-113-42-38-94-89(108)68-32-30-67(31-33-68)88-98-81(82-87(91)95-59-96-101(82)88)75-55-69-21-17-25-77(110-7)80(69)97-75/h9-12,17,19-21,25,54-55,58-61,63-64,66-68,71-74,78-79,84,86,92-93,97,105,107H,1,13-16,18,22-24,26-53,56-57H2,2-8H3,(H,94,108)(H2,91,95,96)/b12-10+,19-11+,62-20+,65-54+,70-58-,99-92?/t61-,63-,64-,66-,67?,68?,71-,72-,73-,74?,78?,79+,84-,86+/m1/s1. The first-order valence-corrected chi connectivity index (χ1v) is 43.4. The van der Waals surface area contributed by atoms with Gasteiger partial charge in [-0.1, -0.05) is 75.4 Å². The second kappa shape index (κ2) is 53.6. The molecule has 664 valence electrons. The molecule has 4 aromatic rings. The summed E-state index contributed by atoms with van der Waals surface area (Å²) < 4.78 is 64.9. The molecule has 0 spiro atoms. The number of carbonyl (C=O) groups is 6. The summed E-state index contributed by atoms with van der Waals surface area (Å²) in [5.41, 5.74) is 19.0. The van der Waals surface area contributed by atoms with Crippen molar-refractivity contribution in [3.63, 3.8) is 0 Å². The lowest BCUT2D eigenvalue weighted by molar-refractivity contribution is -0.158. The normalized spacial score (nSPS) is 21.4. The van der Waals surface area contributed by atoms with Crippen LogP contribution in [-0.4, -0.2) is 244 Å². The lowest BCUT2D eigenvalue weighted by Crippen LogP contribution is -2.50. The Kier molecular flexibility index (Phi) is 43.4. The molecule has 1 aromatic carbocycles. The zero-order valence-corrected chi connectivity index (χ0v) is 71.8. The molecule has 10 atom stereocenters. The van der Waals surface area contributed by atoms with Gasteiger partial charge in [0.1, 0.15) is 59.3 Å². The van der Waals surface area contributed by atoms with Crippen molar-refractivity contribution in [2.24, 2.45) is 34.7 Å². The maximum Gasteiger partial charge on any atom is 0.293 e. The molecule has 2 amide bonds. The molecule has 3 aromatic heterocycles. The van der Waals surface area contributed by atoms with Crippen LogP contribution in [0.3, 0.4) is 0 Å². The number of nitrogens with zero attached hydrogens (tertiary/aromatic N) is 6. The molecule has 8 rings (SSSR count). The van der Waals surface area contributed by atoms with Gasteiger partial charge in [-0.05, 0) is 177 Å². The van der Waals surface area contributed by atoms with Crippen molar-refractivity contribution in [1.29, 1.82) is 5.53 Å². The van der Waals surface area contributed by atoms with E-state index in [0.717, 1.165) is 136 Å². The highest BCUT2D eigenvalue weighted by atomic mass is 16.6. The minimum atomic E-state index is -1.68. The SMILES string of the molecule is C=C[C@@H]1CCCCN1C(=O)C(=O)C1CCCC(C[C@H](OC)/C(C)=C/C=C/C=C/[C@@H](C)C[C@@H](C)C(=O)[C@H](O)[C@H](O)/C(C)=C/[C@@H](C)C(=O)C[C@@H](CC[C@H]2CC[C@H](OCCCC/C(=C/NCCOCCOCCOCCOCCOCCOCCNC(=O)C3CCC(c4nc(-c5cc6cccc(OC)c6[nH]5)c5c(N)ncnn45)CC3)N=N)CC2)OC=O)O1. The van der Waals surface area contributed by atoms with Crippen LogP contribution in [0.5, 0.6) is 5.75 Å². The van der Waals surface area contributed by atoms with Gasteiger partial charge < -0.3 is 88.6 Å². The van der Waals surface area contributed by atoms with Crippen LogP contribution in [-0.2, 0) is 76.1 Å². The van der Waals surface area contributed by atoms with E-state index in [1.54, 1.807) is 62.8 Å². The van der Waals surface area contributed by atoms with E-state index in [4.69, 9.17) is 68.4 Å². The Hall–Kier alpha value is -8.27. The number of aliphatic hydroxyl groups excluding tert-OH is 2. The van der Waals surface area contributed by atoms with Crippen LogP contribution >= 0.6 is 0 Å². The Morgan fingerprint density at radius 2 is 1.49 bits per heavy atom. The van der Waals surface area contributed by atoms with E-state index < -0.39 is 53.7 Å². The predicted molar refractivity (Wildman–Crippen MR) is 456 cm³/mol. The number of aromatic amines is 1. The summed E-state index contributed by atoms with van der Waals surface area (Å²) in [5, 5.41) is 37.6. The molecule has 0 radical (unpaired) electrons. The number of Topliss-reactive ketones (excluding diaryl/α,β-unsaturated/α-hetero) is 3. The van der Waals surface area contributed by atoms with Gasteiger partial charge in [0.15, 0.2) is 11.6 Å². The number of methoxy groups -OCH3 is 2. The molecule has 5 heterocycles. The van der Waals surface area contributed by atoms with Gasteiger partial charge in [-0.2, -0.15) is 10.2 Å². The summed E-state index contributed by atoms with van der Waals surface area (Å²) in [4.78, 5) is 92.5. The lowest BCUT2D eigenvalue weighted by Gasteiger charge is -2.36. The molecule has 120 heavy (non-hydrogen) atoms. The number of para-hydroxylation sites is 1. The topological polar surface area (TPSA) is 393 Å². The van der Waals surface area contributed by atoms with Crippen molar-refractivity contribution in [2.45, 2.75) is 231 Å². The average molecular weight is 1680 g/mol. The number of ether oxygens (including phenoxy) is 11. The lowest BCUT2D eigenvalue weighted by atomic mass is 9.81. The molecule has 2 aliphatic heterocycles. The highest BCUT2D eigenvalue weighted by Crippen LogP contribution is 2.40. The average Bonchev–Trinajstić information content (AvgIpc) is 1.60. The van der Waals surface area contributed by atoms with Crippen LogP contribution in [0.15, 0.2) is 108 Å². The van der Waals surface area contributed by atoms with Gasteiger partial charge in [-0.15, -0.1) is 6.58 Å². The number of anilines is 1. The number of fused-ring (bicyclic) bond motifs is 2. The van der Waals surface area contributed by atoms with Crippen LogP contribution in [0.4, 0.5) is 5.82 Å². The van der Waals surface area contributed by atoms with Crippen LogP contribution in [0.1, 0.15) is 188 Å². The Morgan fingerprint density at radius 1 is 0.800 bits per heavy atom. The van der Waals surface area contributed by atoms with Gasteiger partial charge in [0, 0.05) is 81.5 Å². The molecule has 4 aliphatic rings. The molecule has 0 bridgehead atoms. The first-order chi connectivity index (χ1) is 58.2. The fourth-order valence-corrected chi connectivity index (χ4v) is 16.3. The third-order valence-electron chi connectivity index (χ3n) is 23.3. The summed E-state index contributed by atoms with van der Waals surface area (Å²) in [6, 6.07) is 7.77. The molecule has 30 heteroatoms. The summed E-state index contributed by atoms with van der Waals surface area (Å²) in [6.45, 7) is 20.5. The molecule has 4 fully saturated rings. The van der Waals surface area contributed by atoms with E-state index in [1.807, 2.05) is 68.5 Å². The second-order valence-corrected chi connectivity index (χ2v) is 32.2. The summed E-state index contributed by atoms with van der Waals surface area (Å²) >= 11 is 0. The number of likely N-dealkylation sites (tertiary alicyclic amines) is 1.